The van der Waals surface area contributed by atoms with Crippen LogP contribution in [-0.4, -0.2) is 73.0 Å². The molecule has 0 radical (unpaired) electrons. The third-order valence-corrected chi connectivity index (χ3v) is 3.70. The first-order chi connectivity index (χ1) is 7.69. The van der Waals surface area contributed by atoms with Crippen molar-refractivity contribution >= 4 is 0 Å². The lowest BCUT2D eigenvalue weighted by Gasteiger charge is -2.29. The van der Waals surface area contributed by atoms with E-state index in [1.54, 1.807) is 0 Å². The highest BCUT2D eigenvalue weighted by Crippen LogP contribution is 2.27. The van der Waals surface area contributed by atoms with Gasteiger partial charge in [-0.05, 0) is 13.8 Å². The van der Waals surface area contributed by atoms with E-state index in [1.807, 2.05) is 0 Å². The quantitative estimate of drug-likeness (QED) is 0.682. The van der Waals surface area contributed by atoms with Crippen LogP contribution in [0.15, 0.2) is 11.6 Å². The third kappa shape index (κ3) is 1.70. The summed E-state index contributed by atoms with van der Waals surface area (Å²) < 4.78 is 0. The van der Waals surface area contributed by atoms with Crippen molar-refractivity contribution < 1.29 is 0 Å². The van der Waals surface area contributed by atoms with Crippen LogP contribution in [0.5, 0.6) is 0 Å². The van der Waals surface area contributed by atoms with E-state index in [4.69, 9.17) is 0 Å². The molecule has 0 amide bonds. The summed E-state index contributed by atoms with van der Waals surface area (Å²) in [7, 11) is 4.41. The smallest absolute Gasteiger partial charge is 0.146 e. The van der Waals surface area contributed by atoms with Crippen LogP contribution in [0.1, 0.15) is 13.8 Å². The van der Waals surface area contributed by atoms with Crippen LogP contribution in [0.4, 0.5) is 0 Å². The Morgan fingerprint density at radius 1 is 0.750 bits per heavy atom. The van der Waals surface area contributed by atoms with Gasteiger partial charge in [-0.3, -0.25) is 0 Å². The molecule has 0 aromatic heterocycles. The summed E-state index contributed by atoms with van der Waals surface area (Å²) in [5.41, 5.74) is 0. The van der Waals surface area contributed by atoms with Gasteiger partial charge in [0, 0.05) is 53.4 Å². The maximum Gasteiger partial charge on any atom is 0.146 e. The summed E-state index contributed by atoms with van der Waals surface area (Å²) in [4.78, 5) is 9.76. The Morgan fingerprint density at radius 2 is 1.12 bits per heavy atom. The Bertz CT molecular complexity index is 259. The van der Waals surface area contributed by atoms with Crippen molar-refractivity contribution in [1.82, 2.24) is 19.6 Å². The molecule has 16 heavy (non-hydrogen) atoms. The van der Waals surface area contributed by atoms with E-state index in [0.29, 0.717) is 0 Å². The van der Waals surface area contributed by atoms with Crippen molar-refractivity contribution in [1.29, 1.82) is 0 Å². The minimum atomic E-state index is 1.11. The van der Waals surface area contributed by atoms with E-state index >= 15 is 0 Å². The average Bonchev–Trinajstić information content (AvgIpc) is 2.81. The number of hydrogen-bond acceptors (Lipinski definition) is 4. The highest BCUT2D eigenvalue weighted by atomic mass is 15.5. The summed E-state index contributed by atoms with van der Waals surface area (Å²) in [6.07, 6.45) is 0. The van der Waals surface area contributed by atoms with Crippen LogP contribution in [0.3, 0.4) is 0 Å². The van der Waals surface area contributed by atoms with Crippen LogP contribution < -0.4 is 0 Å². The van der Waals surface area contributed by atoms with E-state index in [2.05, 4.69) is 47.5 Å². The van der Waals surface area contributed by atoms with E-state index in [9.17, 15) is 0 Å². The number of hydrogen-bond donors (Lipinski definition) is 0. The van der Waals surface area contributed by atoms with Gasteiger partial charge >= 0.3 is 0 Å². The molecule has 2 aliphatic rings. The standard InChI is InChI=1S/C12H24N4/c1-5-15-9-7-13(3)11(15)12-14(4)8-10-16(12)6-2/h5-10H2,1-4H3. The molecule has 0 spiro atoms. The monoisotopic (exact) mass is 224 g/mol. The van der Waals surface area contributed by atoms with Gasteiger partial charge in [0.25, 0.3) is 0 Å². The van der Waals surface area contributed by atoms with Crippen molar-refractivity contribution in [2.45, 2.75) is 13.8 Å². The van der Waals surface area contributed by atoms with Gasteiger partial charge < -0.3 is 19.6 Å². The van der Waals surface area contributed by atoms with Crippen molar-refractivity contribution in [3.8, 4) is 0 Å². The van der Waals surface area contributed by atoms with E-state index < -0.39 is 0 Å². The SMILES string of the molecule is CCN1CCN(C)C1=C1N(C)CCN1CC. The largest absolute Gasteiger partial charge is 0.357 e. The first-order valence-electron chi connectivity index (χ1n) is 6.35. The van der Waals surface area contributed by atoms with E-state index in [1.165, 1.54) is 11.6 Å². The highest BCUT2D eigenvalue weighted by molar-refractivity contribution is 5.16. The van der Waals surface area contributed by atoms with Gasteiger partial charge in [-0.25, -0.2) is 0 Å². The summed E-state index contributed by atoms with van der Waals surface area (Å²) in [6.45, 7) is 11.3. The maximum absolute atomic E-state index is 2.49. The molecule has 4 nitrogen and oxygen atoms in total. The molecule has 0 aromatic rings. The molecule has 0 N–H and O–H groups in total. The zero-order chi connectivity index (χ0) is 11.7. The zero-order valence-corrected chi connectivity index (χ0v) is 11.0. The third-order valence-electron chi connectivity index (χ3n) is 3.70. The van der Waals surface area contributed by atoms with Gasteiger partial charge in [0.1, 0.15) is 11.6 Å². The summed E-state index contributed by atoms with van der Waals surface area (Å²) in [6, 6.07) is 0. The molecule has 0 atom stereocenters. The normalized spacial score (nSPS) is 26.2. The van der Waals surface area contributed by atoms with Crippen molar-refractivity contribution in [2.24, 2.45) is 0 Å². The summed E-state index contributed by atoms with van der Waals surface area (Å²) in [5.74, 6) is 2.84. The molecule has 2 heterocycles. The van der Waals surface area contributed by atoms with Crippen molar-refractivity contribution in [3.05, 3.63) is 11.6 Å². The Hall–Kier alpha value is -1.06. The molecule has 0 aromatic carbocycles. The molecule has 0 saturated carbocycles. The fourth-order valence-electron chi connectivity index (χ4n) is 2.69. The van der Waals surface area contributed by atoms with Crippen LogP contribution >= 0.6 is 0 Å². The number of rotatable bonds is 2. The highest BCUT2D eigenvalue weighted by Gasteiger charge is 2.31. The molecule has 0 aliphatic carbocycles. The molecule has 2 aliphatic heterocycles. The van der Waals surface area contributed by atoms with E-state index in [0.717, 1.165) is 39.3 Å². The molecule has 92 valence electrons. The minimum Gasteiger partial charge on any atom is -0.357 e. The molecule has 0 unspecified atom stereocenters. The van der Waals surface area contributed by atoms with Gasteiger partial charge in [0.15, 0.2) is 0 Å². The molecule has 2 fully saturated rings. The molecule has 4 heteroatoms. The first kappa shape index (κ1) is 11.4. The molecular formula is C12H24N4. The average molecular weight is 224 g/mol. The van der Waals surface area contributed by atoms with Gasteiger partial charge in [-0.15, -0.1) is 0 Å². The number of likely N-dealkylation sites (N-methyl/N-ethyl adjacent to an activating group) is 4. The van der Waals surface area contributed by atoms with Gasteiger partial charge in [0.2, 0.25) is 0 Å². The molecular weight excluding hydrogens is 200 g/mol. The van der Waals surface area contributed by atoms with Crippen LogP contribution in [-0.2, 0) is 0 Å². The molecule has 2 rings (SSSR count). The lowest BCUT2D eigenvalue weighted by molar-refractivity contribution is 0.296. The van der Waals surface area contributed by atoms with Crippen LogP contribution in [0.25, 0.3) is 0 Å². The summed E-state index contributed by atoms with van der Waals surface area (Å²) in [5, 5.41) is 0. The van der Waals surface area contributed by atoms with Gasteiger partial charge in [-0.1, -0.05) is 0 Å². The second-order valence-corrected chi connectivity index (χ2v) is 4.65. The molecule has 0 bridgehead atoms. The predicted octanol–water partition coefficient (Wildman–Crippen LogP) is 0.648. The Morgan fingerprint density at radius 3 is 1.44 bits per heavy atom. The first-order valence-corrected chi connectivity index (χ1v) is 6.35. The van der Waals surface area contributed by atoms with Crippen LogP contribution in [0.2, 0.25) is 0 Å². The lowest BCUT2D eigenvalue weighted by atomic mass is 10.4. The minimum absolute atomic E-state index is 1.11. The summed E-state index contributed by atoms with van der Waals surface area (Å²) >= 11 is 0. The van der Waals surface area contributed by atoms with Crippen LogP contribution in [0, 0.1) is 0 Å². The van der Waals surface area contributed by atoms with Gasteiger partial charge in [0.05, 0.1) is 0 Å². The predicted molar refractivity (Wildman–Crippen MR) is 66.8 cm³/mol. The second kappa shape index (κ2) is 4.44. The van der Waals surface area contributed by atoms with Crippen molar-refractivity contribution in [3.63, 3.8) is 0 Å². The lowest BCUT2D eigenvalue weighted by Crippen LogP contribution is -2.31. The van der Waals surface area contributed by atoms with Crippen molar-refractivity contribution in [2.75, 3.05) is 53.4 Å². The topological polar surface area (TPSA) is 13.0 Å². The van der Waals surface area contributed by atoms with E-state index in [-0.39, 0.29) is 0 Å². The Labute approximate surface area is 99.1 Å². The van der Waals surface area contributed by atoms with Gasteiger partial charge in [-0.2, -0.15) is 0 Å². The fourth-order valence-corrected chi connectivity index (χ4v) is 2.69. The Kier molecular flexibility index (Phi) is 3.17. The number of nitrogens with zero attached hydrogens (tertiary/aromatic N) is 4. The zero-order valence-electron chi connectivity index (χ0n) is 11.0. The Balaban J connectivity index is 2.35. The molecule has 2 saturated heterocycles. The maximum atomic E-state index is 2.49. The second-order valence-electron chi connectivity index (χ2n) is 4.65. The fraction of sp³-hybridized carbons (Fsp3) is 0.833.